The normalized spacial score (nSPS) is 19.4. The van der Waals surface area contributed by atoms with E-state index in [1.54, 1.807) is 6.92 Å². The Kier molecular flexibility index (Phi) is 5.78. The number of nitrogens with one attached hydrogen (secondary N) is 1. The van der Waals surface area contributed by atoms with Gasteiger partial charge in [-0.2, -0.15) is 0 Å². The van der Waals surface area contributed by atoms with Crippen LogP contribution in [-0.4, -0.2) is 34.0 Å². The number of rotatable bonds is 5. The molecule has 3 atom stereocenters. The van der Waals surface area contributed by atoms with E-state index < -0.39 is 27.9 Å². The van der Waals surface area contributed by atoms with Crippen LogP contribution in [-0.2, 0) is 22.5 Å². The van der Waals surface area contributed by atoms with Crippen molar-refractivity contribution in [3.05, 3.63) is 29.1 Å². The maximum Gasteiger partial charge on any atom is 0.342 e. The average molecular weight is 357 g/mol. The third-order valence-corrected chi connectivity index (χ3v) is 5.42. The van der Waals surface area contributed by atoms with Crippen LogP contribution in [0.2, 0.25) is 0 Å². The van der Waals surface area contributed by atoms with Gasteiger partial charge < -0.3 is 14.0 Å². The summed E-state index contributed by atoms with van der Waals surface area (Å²) in [5.74, 6) is -0.747. The minimum Gasteiger partial charge on any atom is -0.598 e. The molecule has 0 spiro atoms. The van der Waals surface area contributed by atoms with E-state index in [4.69, 9.17) is 9.47 Å². The van der Waals surface area contributed by atoms with E-state index >= 15 is 0 Å². The highest BCUT2D eigenvalue weighted by Crippen LogP contribution is 2.35. The number of hydrogen-bond donors (Lipinski definition) is 1. The Morgan fingerprint density at radius 1 is 1.54 bits per heavy atom. The number of carbonyl (C=O) groups excluding carboxylic acids is 1. The SMILES string of the molecule is CCOC(=O)c1cc(F)cc2c1OC([C@@H](C)N[S+]([O-])C(C)(C)C)C2. The summed E-state index contributed by atoms with van der Waals surface area (Å²) in [6.45, 7) is 9.38. The fraction of sp³-hybridized carbons (Fsp3) is 0.588. The minimum atomic E-state index is -1.25. The molecule has 1 aliphatic heterocycles. The van der Waals surface area contributed by atoms with Gasteiger partial charge in [-0.3, -0.25) is 0 Å². The zero-order chi connectivity index (χ0) is 18.1. The standard InChI is InChI=1S/C17H24FNO4S/c1-6-22-16(20)13-9-12(18)7-11-8-14(23-15(11)13)10(2)19-24(21)17(3,4)5/h7,9-10,14,19H,6,8H2,1-5H3/t10-,14?,24?/m1/s1. The monoisotopic (exact) mass is 357 g/mol. The quantitative estimate of drug-likeness (QED) is 0.648. The summed E-state index contributed by atoms with van der Waals surface area (Å²) in [7, 11) is 0. The van der Waals surface area contributed by atoms with E-state index in [1.165, 1.54) is 6.07 Å². The fourth-order valence-electron chi connectivity index (χ4n) is 2.41. The molecule has 0 amide bonds. The molecule has 1 aliphatic rings. The second-order valence-corrected chi connectivity index (χ2v) is 8.81. The second kappa shape index (κ2) is 7.29. The van der Waals surface area contributed by atoms with Crippen LogP contribution in [0.1, 0.15) is 50.5 Å². The Morgan fingerprint density at radius 2 is 2.21 bits per heavy atom. The van der Waals surface area contributed by atoms with E-state index in [0.717, 1.165) is 6.07 Å². The highest BCUT2D eigenvalue weighted by molar-refractivity contribution is 7.90. The zero-order valence-corrected chi connectivity index (χ0v) is 15.5. The maximum atomic E-state index is 13.8. The predicted octanol–water partition coefficient (Wildman–Crippen LogP) is 2.75. The van der Waals surface area contributed by atoms with Crippen LogP contribution < -0.4 is 9.46 Å². The number of ether oxygens (including phenoxy) is 2. The third-order valence-electron chi connectivity index (χ3n) is 3.72. The summed E-state index contributed by atoms with van der Waals surface area (Å²) in [5, 5.41) is 0. The molecule has 2 rings (SSSR count). The summed E-state index contributed by atoms with van der Waals surface area (Å²) in [6, 6.07) is 2.27. The predicted molar refractivity (Wildman–Crippen MR) is 91.0 cm³/mol. The first kappa shape index (κ1) is 19.0. The van der Waals surface area contributed by atoms with Gasteiger partial charge in [0.2, 0.25) is 0 Å². The molecule has 1 aromatic carbocycles. The Bertz CT molecular complexity index is 617. The largest absolute Gasteiger partial charge is 0.598 e. The molecule has 0 fully saturated rings. The summed E-state index contributed by atoms with van der Waals surface area (Å²) >= 11 is -1.25. The molecule has 5 nitrogen and oxygen atoms in total. The summed E-state index contributed by atoms with van der Waals surface area (Å²) < 4.78 is 39.5. The van der Waals surface area contributed by atoms with Crippen molar-refractivity contribution in [3.8, 4) is 5.75 Å². The number of fused-ring (bicyclic) bond motifs is 1. The van der Waals surface area contributed by atoms with Gasteiger partial charge in [0.1, 0.15) is 28.0 Å². The summed E-state index contributed by atoms with van der Waals surface area (Å²) in [6.07, 6.45) is 0.107. The highest BCUT2D eigenvalue weighted by atomic mass is 32.2. The van der Waals surface area contributed by atoms with Crippen LogP contribution in [0.15, 0.2) is 12.1 Å². The maximum absolute atomic E-state index is 13.8. The van der Waals surface area contributed by atoms with Crippen molar-refractivity contribution < 1.29 is 23.2 Å². The van der Waals surface area contributed by atoms with Gasteiger partial charge in [0.15, 0.2) is 0 Å². The molecule has 2 unspecified atom stereocenters. The van der Waals surface area contributed by atoms with Crippen molar-refractivity contribution in [2.24, 2.45) is 0 Å². The lowest BCUT2D eigenvalue weighted by Crippen LogP contribution is -2.49. The molecule has 0 saturated carbocycles. The first-order valence-corrected chi connectivity index (χ1v) is 9.12. The van der Waals surface area contributed by atoms with Gasteiger partial charge in [0, 0.05) is 23.3 Å². The molecule has 0 aromatic heterocycles. The molecule has 1 heterocycles. The van der Waals surface area contributed by atoms with E-state index in [2.05, 4.69) is 4.72 Å². The molecule has 1 N–H and O–H groups in total. The van der Waals surface area contributed by atoms with Gasteiger partial charge in [-0.05, 0) is 46.8 Å². The van der Waals surface area contributed by atoms with Gasteiger partial charge in [-0.25, -0.2) is 9.18 Å². The van der Waals surface area contributed by atoms with Gasteiger partial charge in [-0.15, -0.1) is 4.72 Å². The second-order valence-electron chi connectivity index (χ2n) is 6.81. The van der Waals surface area contributed by atoms with Gasteiger partial charge in [0.25, 0.3) is 0 Å². The smallest absolute Gasteiger partial charge is 0.342 e. The first-order valence-electron chi connectivity index (χ1n) is 7.97. The van der Waals surface area contributed by atoms with E-state index in [9.17, 15) is 13.7 Å². The number of hydrogen-bond acceptors (Lipinski definition) is 5. The van der Waals surface area contributed by atoms with E-state index in [1.807, 2.05) is 27.7 Å². The van der Waals surface area contributed by atoms with Crippen molar-refractivity contribution in [2.75, 3.05) is 6.61 Å². The van der Waals surface area contributed by atoms with Crippen molar-refractivity contribution in [2.45, 2.75) is 57.9 Å². The van der Waals surface area contributed by atoms with Crippen molar-refractivity contribution >= 4 is 17.3 Å². The lowest BCUT2D eigenvalue weighted by atomic mass is 10.0. The Balaban J connectivity index is 2.17. The molecule has 0 saturated heterocycles. The minimum absolute atomic E-state index is 0.0958. The highest BCUT2D eigenvalue weighted by Gasteiger charge is 2.36. The molecular weight excluding hydrogens is 333 g/mol. The Morgan fingerprint density at radius 3 is 2.79 bits per heavy atom. The van der Waals surface area contributed by atoms with Crippen LogP contribution in [0, 0.1) is 5.82 Å². The lowest BCUT2D eigenvalue weighted by molar-refractivity contribution is 0.0519. The van der Waals surface area contributed by atoms with Crippen molar-refractivity contribution in [1.29, 1.82) is 0 Å². The molecule has 0 bridgehead atoms. The molecule has 134 valence electrons. The summed E-state index contributed by atoms with van der Waals surface area (Å²) in [4.78, 5) is 12.0. The van der Waals surface area contributed by atoms with Crippen LogP contribution in [0.25, 0.3) is 0 Å². The van der Waals surface area contributed by atoms with Crippen LogP contribution in [0.5, 0.6) is 5.75 Å². The molecule has 0 radical (unpaired) electrons. The van der Waals surface area contributed by atoms with Crippen LogP contribution in [0.4, 0.5) is 4.39 Å². The van der Waals surface area contributed by atoms with E-state index in [0.29, 0.717) is 17.7 Å². The molecular formula is C17H24FNO4S. The first-order chi connectivity index (χ1) is 11.1. The molecule has 0 aliphatic carbocycles. The number of esters is 1. The Labute approximate surface area is 145 Å². The van der Waals surface area contributed by atoms with E-state index in [-0.39, 0.29) is 24.3 Å². The third kappa shape index (κ3) is 4.20. The lowest BCUT2D eigenvalue weighted by Gasteiger charge is -2.28. The van der Waals surface area contributed by atoms with Crippen molar-refractivity contribution in [3.63, 3.8) is 0 Å². The molecule has 24 heavy (non-hydrogen) atoms. The average Bonchev–Trinajstić information content (AvgIpc) is 2.89. The van der Waals surface area contributed by atoms with Crippen molar-refractivity contribution in [1.82, 2.24) is 4.72 Å². The van der Waals surface area contributed by atoms with Gasteiger partial charge >= 0.3 is 5.97 Å². The Hall–Kier alpha value is -1.31. The molecule has 1 aromatic rings. The van der Waals surface area contributed by atoms with Crippen LogP contribution in [0.3, 0.4) is 0 Å². The zero-order valence-electron chi connectivity index (χ0n) is 14.6. The summed E-state index contributed by atoms with van der Waals surface area (Å²) in [5.41, 5.74) is 0.719. The number of benzene rings is 1. The molecule has 7 heteroatoms. The number of carbonyl (C=O) groups is 1. The van der Waals surface area contributed by atoms with Gasteiger partial charge in [-0.1, -0.05) is 0 Å². The van der Waals surface area contributed by atoms with Gasteiger partial charge in [0.05, 0.1) is 12.6 Å². The van der Waals surface area contributed by atoms with Crippen LogP contribution >= 0.6 is 0 Å². The number of halogens is 1. The topological polar surface area (TPSA) is 70.6 Å². The fourth-order valence-corrected chi connectivity index (χ4v) is 3.25.